The second-order valence-electron chi connectivity index (χ2n) is 7.62. The molecule has 0 spiro atoms. The number of ether oxygens (including phenoxy) is 3. The van der Waals surface area contributed by atoms with Crippen molar-refractivity contribution in [2.75, 3.05) is 47.0 Å². The summed E-state index contributed by atoms with van der Waals surface area (Å²) in [5, 5.41) is 0.784. The molecule has 2 heterocycles. The Morgan fingerprint density at radius 3 is 2.36 bits per heavy atom. The summed E-state index contributed by atoms with van der Waals surface area (Å²) in [7, 11) is 3.19. The van der Waals surface area contributed by atoms with E-state index in [2.05, 4.69) is 0 Å². The molecule has 1 aliphatic rings. The Morgan fingerprint density at radius 2 is 1.67 bits per heavy atom. The van der Waals surface area contributed by atoms with E-state index in [1.165, 1.54) is 0 Å². The second kappa shape index (κ2) is 9.77. The van der Waals surface area contributed by atoms with Crippen LogP contribution in [0.2, 0.25) is 0 Å². The number of nitrogens with zero attached hydrogens (tertiary/aromatic N) is 3. The van der Waals surface area contributed by atoms with E-state index in [-0.39, 0.29) is 12.0 Å². The predicted octanol–water partition coefficient (Wildman–Crippen LogP) is 3.83. The topological polar surface area (TPSA) is 81.2 Å². The van der Waals surface area contributed by atoms with Crippen molar-refractivity contribution in [1.29, 1.82) is 0 Å². The number of rotatable bonds is 5. The van der Waals surface area contributed by atoms with E-state index in [0.717, 1.165) is 16.5 Å². The van der Waals surface area contributed by atoms with E-state index in [0.29, 0.717) is 55.5 Å². The Labute approximate surface area is 192 Å². The molecule has 33 heavy (non-hydrogen) atoms. The van der Waals surface area contributed by atoms with Gasteiger partial charge in [-0.25, -0.2) is 9.78 Å². The molecule has 1 fully saturated rings. The summed E-state index contributed by atoms with van der Waals surface area (Å²) in [6.45, 7) is 3.87. The number of hydrogen-bond donors (Lipinski definition) is 0. The summed E-state index contributed by atoms with van der Waals surface area (Å²) >= 11 is 0. The average Bonchev–Trinajstić information content (AvgIpc) is 2.87. The first-order chi connectivity index (χ1) is 16.0. The van der Waals surface area contributed by atoms with Crippen LogP contribution in [0, 0.1) is 0 Å². The number of carbonyl (C=O) groups excluding carboxylic acids is 2. The molecular formula is C25H27N3O5. The number of carbonyl (C=O) groups is 2. The highest BCUT2D eigenvalue weighted by atomic mass is 16.6. The van der Waals surface area contributed by atoms with Crippen molar-refractivity contribution >= 4 is 22.9 Å². The molecule has 8 nitrogen and oxygen atoms in total. The van der Waals surface area contributed by atoms with Crippen LogP contribution < -0.4 is 9.47 Å². The highest BCUT2D eigenvalue weighted by Crippen LogP contribution is 2.34. The van der Waals surface area contributed by atoms with E-state index >= 15 is 0 Å². The number of pyridine rings is 1. The molecule has 172 valence electrons. The first-order valence-electron chi connectivity index (χ1n) is 10.9. The highest BCUT2D eigenvalue weighted by Gasteiger charge is 2.27. The number of methoxy groups -OCH3 is 2. The lowest BCUT2D eigenvalue weighted by Gasteiger charge is -2.34. The van der Waals surface area contributed by atoms with Gasteiger partial charge in [-0.15, -0.1) is 0 Å². The van der Waals surface area contributed by atoms with Gasteiger partial charge in [0.15, 0.2) is 0 Å². The fourth-order valence-electron chi connectivity index (χ4n) is 3.98. The molecule has 0 atom stereocenters. The summed E-state index contributed by atoms with van der Waals surface area (Å²) in [4.78, 5) is 33.8. The second-order valence-corrected chi connectivity index (χ2v) is 7.62. The Morgan fingerprint density at radius 1 is 0.939 bits per heavy atom. The molecule has 4 rings (SSSR count). The normalized spacial score (nSPS) is 13.7. The van der Waals surface area contributed by atoms with Crippen LogP contribution >= 0.6 is 0 Å². The van der Waals surface area contributed by atoms with Crippen LogP contribution in [0.15, 0.2) is 48.5 Å². The zero-order chi connectivity index (χ0) is 23.4. The van der Waals surface area contributed by atoms with E-state index in [4.69, 9.17) is 19.2 Å². The first-order valence-corrected chi connectivity index (χ1v) is 10.9. The fourth-order valence-corrected chi connectivity index (χ4v) is 3.98. The van der Waals surface area contributed by atoms with Gasteiger partial charge in [-0.3, -0.25) is 4.79 Å². The predicted molar refractivity (Wildman–Crippen MR) is 125 cm³/mol. The molecule has 0 N–H and O–H groups in total. The minimum atomic E-state index is -0.340. The van der Waals surface area contributed by atoms with E-state index in [9.17, 15) is 9.59 Å². The third kappa shape index (κ3) is 4.55. The maximum Gasteiger partial charge on any atom is 0.409 e. The molecule has 0 saturated carbocycles. The number of fused-ring (bicyclic) bond motifs is 1. The summed E-state index contributed by atoms with van der Waals surface area (Å²) < 4.78 is 15.9. The minimum absolute atomic E-state index is 0.0918. The van der Waals surface area contributed by atoms with Gasteiger partial charge in [0.1, 0.15) is 11.5 Å². The molecule has 3 aromatic rings. The highest BCUT2D eigenvalue weighted by molar-refractivity contribution is 6.07. The van der Waals surface area contributed by atoms with Crippen molar-refractivity contribution in [3.63, 3.8) is 0 Å². The van der Waals surface area contributed by atoms with Gasteiger partial charge in [0.25, 0.3) is 5.91 Å². The Bertz CT molecular complexity index is 1170. The molecule has 8 heteroatoms. The van der Waals surface area contributed by atoms with Gasteiger partial charge in [-0.1, -0.05) is 18.2 Å². The molecule has 1 aliphatic heterocycles. The standard InChI is InChI=1S/C25H27N3O5/c1-4-33-25(30)28-13-11-27(12-14-28)24(29)20-16-22(26-21-8-6-5-7-18(20)21)19-10-9-17(31-2)15-23(19)32-3/h5-10,15-16H,4,11-14H2,1-3H3. The molecule has 2 aromatic carbocycles. The number of hydrogen-bond acceptors (Lipinski definition) is 6. The lowest BCUT2D eigenvalue weighted by Crippen LogP contribution is -2.50. The van der Waals surface area contributed by atoms with Crippen LogP contribution in [-0.2, 0) is 4.74 Å². The average molecular weight is 450 g/mol. The van der Waals surface area contributed by atoms with Gasteiger partial charge in [0.05, 0.1) is 37.6 Å². The number of benzene rings is 2. The molecule has 1 aromatic heterocycles. The zero-order valence-corrected chi connectivity index (χ0v) is 19.0. The molecular weight excluding hydrogens is 422 g/mol. The van der Waals surface area contributed by atoms with Crippen molar-refractivity contribution in [1.82, 2.24) is 14.8 Å². The van der Waals surface area contributed by atoms with E-state index < -0.39 is 0 Å². The zero-order valence-electron chi connectivity index (χ0n) is 19.0. The summed E-state index contributed by atoms with van der Waals surface area (Å²) in [5.41, 5.74) is 2.70. The smallest absolute Gasteiger partial charge is 0.409 e. The lowest BCUT2D eigenvalue weighted by atomic mass is 10.0. The van der Waals surface area contributed by atoms with Gasteiger partial charge in [-0.2, -0.15) is 0 Å². The molecule has 0 unspecified atom stereocenters. The maximum atomic E-state index is 13.6. The number of amides is 2. The van der Waals surface area contributed by atoms with Crippen molar-refractivity contribution in [3.8, 4) is 22.8 Å². The van der Waals surface area contributed by atoms with Crippen LogP contribution in [0.4, 0.5) is 4.79 Å². The van der Waals surface area contributed by atoms with Crippen molar-refractivity contribution < 1.29 is 23.8 Å². The lowest BCUT2D eigenvalue weighted by molar-refractivity contribution is 0.0572. The van der Waals surface area contributed by atoms with Gasteiger partial charge in [0, 0.05) is 43.2 Å². The minimum Gasteiger partial charge on any atom is -0.497 e. The van der Waals surface area contributed by atoms with Crippen molar-refractivity contribution in [2.45, 2.75) is 6.92 Å². The molecule has 2 amide bonds. The Balaban J connectivity index is 1.69. The third-order valence-corrected chi connectivity index (χ3v) is 5.72. The van der Waals surface area contributed by atoms with E-state index in [1.54, 1.807) is 37.0 Å². The SMILES string of the molecule is CCOC(=O)N1CCN(C(=O)c2cc(-c3ccc(OC)cc3OC)nc3ccccc23)CC1. The fraction of sp³-hybridized carbons (Fsp3) is 0.320. The Kier molecular flexibility index (Phi) is 6.63. The van der Waals surface area contributed by atoms with Crippen LogP contribution in [0.5, 0.6) is 11.5 Å². The van der Waals surface area contributed by atoms with Gasteiger partial charge >= 0.3 is 6.09 Å². The van der Waals surface area contributed by atoms with Gasteiger partial charge < -0.3 is 24.0 Å². The monoisotopic (exact) mass is 449 g/mol. The molecule has 0 bridgehead atoms. The molecule has 0 aliphatic carbocycles. The van der Waals surface area contributed by atoms with Crippen molar-refractivity contribution in [2.24, 2.45) is 0 Å². The molecule has 0 radical (unpaired) electrons. The van der Waals surface area contributed by atoms with Crippen LogP contribution in [0.3, 0.4) is 0 Å². The van der Waals surface area contributed by atoms with Crippen molar-refractivity contribution in [3.05, 3.63) is 54.1 Å². The maximum absolute atomic E-state index is 13.6. The van der Waals surface area contributed by atoms with Crippen LogP contribution in [0.25, 0.3) is 22.2 Å². The third-order valence-electron chi connectivity index (χ3n) is 5.72. The van der Waals surface area contributed by atoms with Gasteiger partial charge in [0.2, 0.25) is 0 Å². The summed E-state index contributed by atoms with van der Waals surface area (Å²) in [6.07, 6.45) is -0.340. The summed E-state index contributed by atoms with van der Waals surface area (Å²) in [5.74, 6) is 1.19. The number of para-hydroxylation sites is 1. The van der Waals surface area contributed by atoms with Gasteiger partial charge in [-0.05, 0) is 31.2 Å². The number of aromatic nitrogens is 1. The first kappa shape index (κ1) is 22.4. The summed E-state index contributed by atoms with van der Waals surface area (Å²) in [6, 6.07) is 14.9. The quantitative estimate of drug-likeness (QED) is 0.589. The van der Waals surface area contributed by atoms with Crippen LogP contribution in [-0.4, -0.2) is 73.8 Å². The van der Waals surface area contributed by atoms with Crippen LogP contribution in [0.1, 0.15) is 17.3 Å². The Hall–Kier alpha value is -3.81. The largest absolute Gasteiger partial charge is 0.497 e. The molecule has 1 saturated heterocycles. The van der Waals surface area contributed by atoms with E-state index in [1.807, 2.05) is 42.5 Å². The number of piperazine rings is 1.